The number of fused-ring (bicyclic) bond motifs is 1. The zero-order valence-electron chi connectivity index (χ0n) is 16.1. The summed E-state index contributed by atoms with van der Waals surface area (Å²) in [5.41, 5.74) is 0.728. The first-order valence-corrected chi connectivity index (χ1v) is 12.2. The van der Waals surface area contributed by atoms with Gasteiger partial charge in [0.1, 0.15) is 0 Å². The Bertz CT molecular complexity index is 1270. The van der Waals surface area contributed by atoms with Crippen LogP contribution in [0.25, 0.3) is 16.0 Å². The number of ketones is 1. The molecule has 0 amide bonds. The van der Waals surface area contributed by atoms with Crippen molar-refractivity contribution in [3.63, 3.8) is 0 Å². The van der Waals surface area contributed by atoms with Gasteiger partial charge >= 0.3 is 0 Å². The molecule has 2 saturated carbocycles. The second kappa shape index (κ2) is 6.65. The van der Waals surface area contributed by atoms with Gasteiger partial charge in [-0.15, -0.1) is 10.2 Å². The third kappa shape index (κ3) is 3.45. The van der Waals surface area contributed by atoms with Gasteiger partial charge in [-0.1, -0.05) is 24.3 Å². The van der Waals surface area contributed by atoms with Crippen LogP contribution in [0.5, 0.6) is 0 Å². The van der Waals surface area contributed by atoms with E-state index >= 15 is 0 Å². The zero-order valence-corrected chi connectivity index (χ0v) is 17.8. The number of benzene rings is 1. The summed E-state index contributed by atoms with van der Waals surface area (Å²) in [6.07, 6.45) is 2.23. The smallest absolute Gasteiger partial charge is 0.291 e. The molecule has 30 heavy (non-hydrogen) atoms. The maximum atomic E-state index is 13.0. The molecule has 2 aliphatic rings. The van der Waals surface area contributed by atoms with Gasteiger partial charge in [-0.25, -0.2) is 17.2 Å². The molecule has 5 rings (SSSR count). The van der Waals surface area contributed by atoms with Crippen LogP contribution in [0.2, 0.25) is 0 Å². The number of nitrogens with zero attached hydrogens (tertiary/aromatic N) is 3. The molecule has 0 bridgehead atoms. The molecule has 0 aliphatic heterocycles. The highest BCUT2D eigenvalue weighted by atomic mass is 32.2. The Labute approximate surface area is 175 Å². The van der Waals surface area contributed by atoms with Crippen LogP contribution in [0.15, 0.2) is 29.3 Å². The largest absolute Gasteiger partial charge is 0.294 e. The van der Waals surface area contributed by atoms with Crippen molar-refractivity contribution >= 4 is 37.9 Å². The second-order valence-corrected chi connectivity index (χ2v) is 11.5. The number of sulfone groups is 1. The highest BCUT2D eigenvalue weighted by Crippen LogP contribution is 2.47. The molecule has 2 aromatic heterocycles. The van der Waals surface area contributed by atoms with Crippen LogP contribution in [-0.4, -0.2) is 34.7 Å². The van der Waals surface area contributed by atoms with E-state index in [4.69, 9.17) is 0 Å². The van der Waals surface area contributed by atoms with Crippen LogP contribution in [0.1, 0.15) is 54.4 Å². The molecule has 0 radical (unpaired) electrons. The first-order chi connectivity index (χ1) is 14.2. The highest BCUT2D eigenvalue weighted by Gasteiger charge is 2.42. The summed E-state index contributed by atoms with van der Waals surface area (Å²) in [6.45, 7) is 1.95. The number of alkyl halides is 2. The van der Waals surface area contributed by atoms with Gasteiger partial charge in [0.25, 0.3) is 6.43 Å². The van der Waals surface area contributed by atoms with E-state index < -0.39 is 21.3 Å². The van der Waals surface area contributed by atoms with Gasteiger partial charge in [0.2, 0.25) is 5.13 Å². The topological polar surface area (TPSA) is 81.9 Å². The summed E-state index contributed by atoms with van der Waals surface area (Å²) in [5.74, 6) is 0.0146. The van der Waals surface area contributed by atoms with E-state index in [0.29, 0.717) is 16.5 Å². The number of aromatic nitrogens is 3. The predicted octanol–water partition coefficient (Wildman–Crippen LogP) is 4.59. The van der Waals surface area contributed by atoms with Crippen molar-refractivity contribution in [1.29, 1.82) is 0 Å². The summed E-state index contributed by atoms with van der Waals surface area (Å²) in [7, 11) is -3.52. The average Bonchev–Trinajstić information content (AvgIpc) is 3.57. The van der Waals surface area contributed by atoms with Crippen molar-refractivity contribution in [2.24, 2.45) is 11.3 Å². The fourth-order valence-corrected chi connectivity index (χ4v) is 6.26. The van der Waals surface area contributed by atoms with Crippen LogP contribution < -0.4 is 0 Å². The molecule has 2 fully saturated rings. The van der Waals surface area contributed by atoms with Gasteiger partial charge in [-0.05, 0) is 43.2 Å². The van der Waals surface area contributed by atoms with Gasteiger partial charge < -0.3 is 0 Å². The lowest BCUT2D eigenvalue weighted by atomic mass is 10.1. The minimum absolute atomic E-state index is 0.0153. The van der Waals surface area contributed by atoms with E-state index in [1.165, 1.54) is 16.7 Å². The van der Waals surface area contributed by atoms with Crippen molar-refractivity contribution in [1.82, 2.24) is 14.8 Å². The SMILES string of the molecule is CC1(CS(=O)(=O)c2ccc3c(C(=O)C4CC4)cn(-c4nnc(C(F)F)s4)c3c2)CC1. The minimum Gasteiger partial charge on any atom is -0.294 e. The Morgan fingerprint density at radius 2 is 2.03 bits per heavy atom. The zero-order chi connectivity index (χ0) is 21.3. The number of carbonyl (C=O) groups excluding carboxylic acids is 1. The van der Waals surface area contributed by atoms with Gasteiger partial charge in [-0.2, -0.15) is 0 Å². The molecule has 2 heterocycles. The summed E-state index contributed by atoms with van der Waals surface area (Å²) < 4.78 is 53.4. The molecule has 0 spiro atoms. The van der Waals surface area contributed by atoms with Crippen LogP contribution in [0.4, 0.5) is 8.78 Å². The average molecular weight is 452 g/mol. The molecule has 0 saturated heterocycles. The molecule has 0 N–H and O–H groups in total. The van der Waals surface area contributed by atoms with Crippen LogP contribution in [-0.2, 0) is 9.84 Å². The maximum absolute atomic E-state index is 13.0. The van der Waals surface area contributed by atoms with Gasteiger partial charge in [0.05, 0.1) is 16.2 Å². The Morgan fingerprint density at radius 1 is 1.30 bits per heavy atom. The lowest BCUT2D eigenvalue weighted by Crippen LogP contribution is -2.14. The lowest BCUT2D eigenvalue weighted by molar-refractivity contribution is 0.0969. The van der Waals surface area contributed by atoms with Crippen molar-refractivity contribution in [3.8, 4) is 5.13 Å². The van der Waals surface area contributed by atoms with Crippen molar-refractivity contribution in [2.75, 3.05) is 5.75 Å². The summed E-state index contributed by atoms with van der Waals surface area (Å²) >= 11 is 0.721. The van der Waals surface area contributed by atoms with E-state index in [2.05, 4.69) is 10.2 Å². The first-order valence-electron chi connectivity index (χ1n) is 9.71. The van der Waals surface area contributed by atoms with Crippen LogP contribution >= 0.6 is 11.3 Å². The normalized spacial score (nSPS) is 18.3. The minimum atomic E-state index is -3.52. The molecule has 3 aromatic rings. The molecule has 6 nitrogen and oxygen atoms in total. The number of halogens is 2. The number of rotatable bonds is 7. The fourth-order valence-electron chi connectivity index (χ4n) is 3.63. The van der Waals surface area contributed by atoms with E-state index in [-0.39, 0.29) is 32.9 Å². The van der Waals surface area contributed by atoms with Crippen molar-refractivity contribution in [3.05, 3.63) is 35.0 Å². The second-order valence-electron chi connectivity index (χ2n) is 8.52. The molecule has 158 valence electrons. The van der Waals surface area contributed by atoms with Gasteiger partial charge in [0.15, 0.2) is 20.6 Å². The summed E-state index contributed by atoms with van der Waals surface area (Å²) in [6, 6.07) is 4.68. The Kier molecular flexibility index (Phi) is 4.38. The van der Waals surface area contributed by atoms with E-state index in [1.54, 1.807) is 12.3 Å². The molecule has 1 aromatic carbocycles. The molecule has 0 unspecified atom stereocenters. The first kappa shape index (κ1) is 19.7. The molecule has 10 heteroatoms. The van der Waals surface area contributed by atoms with E-state index in [0.717, 1.165) is 37.0 Å². The molecular weight excluding hydrogens is 432 g/mol. The molecule has 2 aliphatic carbocycles. The predicted molar refractivity (Wildman–Crippen MR) is 108 cm³/mol. The number of Topliss-reactive ketones (excluding diaryl/α,β-unsaturated/α-hetero) is 1. The Hall–Kier alpha value is -2.20. The Balaban J connectivity index is 1.65. The fraction of sp³-hybridized carbons (Fsp3) is 0.450. The van der Waals surface area contributed by atoms with Crippen molar-refractivity contribution in [2.45, 2.75) is 43.9 Å². The van der Waals surface area contributed by atoms with Crippen LogP contribution in [0.3, 0.4) is 0 Å². The maximum Gasteiger partial charge on any atom is 0.291 e. The third-order valence-electron chi connectivity index (χ3n) is 5.81. The number of hydrogen-bond donors (Lipinski definition) is 0. The van der Waals surface area contributed by atoms with Crippen LogP contribution in [0, 0.1) is 11.3 Å². The van der Waals surface area contributed by atoms with E-state index in [1.807, 2.05) is 6.92 Å². The summed E-state index contributed by atoms with van der Waals surface area (Å²) in [4.78, 5) is 12.9. The van der Waals surface area contributed by atoms with E-state index in [9.17, 15) is 22.0 Å². The number of hydrogen-bond acceptors (Lipinski definition) is 6. The standard InChI is InChI=1S/C20H19F2N3O3S2/c1-20(6-7-20)10-30(27,28)12-4-5-13-14(16(26)11-2-3-11)9-25(15(13)8-12)19-24-23-18(29-19)17(21)22/h4-5,8-9,11,17H,2-3,6-7,10H2,1H3. The Morgan fingerprint density at radius 3 is 2.63 bits per heavy atom. The van der Waals surface area contributed by atoms with Crippen molar-refractivity contribution < 1.29 is 22.0 Å². The third-order valence-corrected chi connectivity index (χ3v) is 8.79. The highest BCUT2D eigenvalue weighted by molar-refractivity contribution is 7.91. The monoisotopic (exact) mass is 451 g/mol. The number of carbonyl (C=O) groups is 1. The quantitative estimate of drug-likeness (QED) is 0.491. The van der Waals surface area contributed by atoms with Gasteiger partial charge in [0, 0.05) is 23.1 Å². The lowest BCUT2D eigenvalue weighted by Gasteiger charge is -2.10. The molecule has 0 atom stereocenters. The molecular formula is C20H19F2N3O3S2. The van der Waals surface area contributed by atoms with Gasteiger partial charge in [-0.3, -0.25) is 9.36 Å². The summed E-state index contributed by atoms with van der Waals surface area (Å²) in [5, 5.41) is 7.71.